The first-order valence-corrected chi connectivity index (χ1v) is 8.30. The van der Waals surface area contributed by atoms with E-state index in [2.05, 4.69) is 30.0 Å². The first-order chi connectivity index (χ1) is 10.2. The van der Waals surface area contributed by atoms with Gasteiger partial charge in [0.1, 0.15) is 0 Å². The van der Waals surface area contributed by atoms with Gasteiger partial charge < -0.3 is 4.90 Å². The molecule has 3 heteroatoms. The topological polar surface area (TPSA) is 23.6 Å². The molecule has 0 bridgehead atoms. The van der Waals surface area contributed by atoms with Gasteiger partial charge in [-0.3, -0.25) is 9.69 Å². The molecule has 0 N–H and O–H groups in total. The molecule has 21 heavy (non-hydrogen) atoms. The Bertz CT molecular complexity index is 486. The van der Waals surface area contributed by atoms with E-state index >= 15 is 0 Å². The second kappa shape index (κ2) is 6.61. The van der Waals surface area contributed by atoms with E-state index in [1.165, 1.54) is 31.2 Å². The van der Waals surface area contributed by atoms with Crippen molar-refractivity contribution in [3.05, 3.63) is 35.4 Å². The van der Waals surface area contributed by atoms with E-state index in [4.69, 9.17) is 0 Å². The first-order valence-electron chi connectivity index (χ1n) is 8.30. The van der Waals surface area contributed by atoms with E-state index in [-0.39, 0.29) is 5.91 Å². The van der Waals surface area contributed by atoms with Crippen molar-refractivity contribution < 1.29 is 4.79 Å². The SMILES string of the molecule is Cc1cccc(CC(=O)N2CCN(C3CCCC3)CC2)c1. The van der Waals surface area contributed by atoms with E-state index in [1.54, 1.807) is 0 Å². The zero-order valence-electron chi connectivity index (χ0n) is 13.1. The van der Waals surface area contributed by atoms with Gasteiger partial charge in [0.25, 0.3) is 0 Å². The van der Waals surface area contributed by atoms with Crippen LogP contribution in [0.1, 0.15) is 36.8 Å². The number of hydrogen-bond acceptors (Lipinski definition) is 2. The van der Waals surface area contributed by atoms with Gasteiger partial charge in [-0.15, -0.1) is 0 Å². The highest BCUT2D eigenvalue weighted by Crippen LogP contribution is 2.24. The zero-order chi connectivity index (χ0) is 14.7. The van der Waals surface area contributed by atoms with Crippen molar-refractivity contribution >= 4 is 5.91 Å². The Morgan fingerprint density at radius 2 is 1.86 bits per heavy atom. The van der Waals surface area contributed by atoms with Crippen LogP contribution < -0.4 is 0 Å². The van der Waals surface area contributed by atoms with Gasteiger partial charge in [0, 0.05) is 32.2 Å². The van der Waals surface area contributed by atoms with Gasteiger partial charge in [0.2, 0.25) is 5.91 Å². The lowest BCUT2D eigenvalue weighted by atomic mass is 10.1. The minimum atomic E-state index is 0.284. The lowest BCUT2D eigenvalue weighted by Gasteiger charge is -2.38. The van der Waals surface area contributed by atoms with E-state index in [9.17, 15) is 4.79 Å². The van der Waals surface area contributed by atoms with Crippen molar-refractivity contribution in [1.29, 1.82) is 0 Å². The number of carbonyl (C=O) groups is 1. The Labute approximate surface area is 127 Å². The Morgan fingerprint density at radius 1 is 1.14 bits per heavy atom. The van der Waals surface area contributed by atoms with Crippen molar-refractivity contribution in [1.82, 2.24) is 9.80 Å². The molecule has 2 aliphatic rings. The number of carbonyl (C=O) groups excluding carboxylic acids is 1. The fourth-order valence-corrected chi connectivity index (χ4v) is 3.71. The molecule has 2 fully saturated rings. The summed E-state index contributed by atoms with van der Waals surface area (Å²) in [6, 6.07) is 9.08. The van der Waals surface area contributed by atoms with Gasteiger partial charge in [-0.2, -0.15) is 0 Å². The average molecular weight is 286 g/mol. The maximum Gasteiger partial charge on any atom is 0.227 e. The molecule has 1 saturated heterocycles. The summed E-state index contributed by atoms with van der Waals surface area (Å²) in [6.07, 6.45) is 6.04. The number of amides is 1. The van der Waals surface area contributed by atoms with E-state index in [1.807, 2.05) is 11.0 Å². The lowest BCUT2D eigenvalue weighted by molar-refractivity contribution is -0.132. The molecule has 1 aliphatic heterocycles. The molecule has 0 radical (unpaired) electrons. The Hall–Kier alpha value is -1.35. The number of piperazine rings is 1. The van der Waals surface area contributed by atoms with Crippen LogP contribution in [0.3, 0.4) is 0 Å². The molecule has 3 nitrogen and oxygen atoms in total. The van der Waals surface area contributed by atoms with E-state index < -0.39 is 0 Å². The number of benzene rings is 1. The highest BCUT2D eigenvalue weighted by Gasteiger charge is 2.27. The average Bonchev–Trinajstić information content (AvgIpc) is 3.01. The molecule has 1 aromatic carbocycles. The molecule has 1 amide bonds. The molecule has 1 saturated carbocycles. The molecular formula is C18H26N2O. The summed E-state index contributed by atoms with van der Waals surface area (Å²) in [6.45, 7) is 6.01. The summed E-state index contributed by atoms with van der Waals surface area (Å²) < 4.78 is 0. The monoisotopic (exact) mass is 286 g/mol. The predicted octanol–water partition coefficient (Wildman–Crippen LogP) is 2.62. The smallest absolute Gasteiger partial charge is 0.227 e. The highest BCUT2D eigenvalue weighted by molar-refractivity contribution is 5.79. The summed E-state index contributed by atoms with van der Waals surface area (Å²) in [5, 5.41) is 0. The van der Waals surface area contributed by atoms with Crippen LogP contribution in [0.2, 0.25) is 0 Å². The summed E-state index contributed by atoms with van der Waals surface area (Å²) >= 11 is 0. The largest absolute Gasteiger partial charge is 0.340 e. The van der Waals surface area contributed by atoms with Crippen LogP contribution in [0.15, 0.2) is 24.3 Å². The molecule has 1 heterocycles. The molecule has 0 aromatic heterocycles. The number of hydrogen-bond donors (Lipinski definition) is 0. The van der Waals surface area contributed by atoms with E-state index in [0.29, 0.717) is 6.42 Å². The summed E-state index contributed by atoms with van der Waals surface area (Å²) in [4.78, 5) is 17.1. The third kappa shape index (κ3) is 3.65. The number of rotatable bonds is 3. The standard InChI is InChI=1S/C18H26N2O/c1-15-5-4-6-16(13-15)14-18(21)20-11-9-19(10-12-20)17-7-2-3-8-17/h4-6,13,17H,2-3,7-12,14H2,1H3. The van der Waals surface area contributed by atoms with Crippen LogP contribution in [0.25, 0.3) is 0 Å². The second-order valence-corrected chi connectivity index (χ2v) is 6.52. The summed E-state index contributed by atoms with van der Waals surface area (Å²) in [7, 11) is 0. The van der Waals surface area contributed by atoms with Crippen molar-refractivity contribution in [2.75, 3.05) is 26.2 Å². The third-order valence-electron chi connectivity index (χ3n) is 4.95. The molecule has 3 rings (SSSR count). The number of nitrogens with zero attached hydrogens (tertiary/aromatic N) is 2. The Kier molecular flexibility index (Phi) is 4.59. The van der Waals surface area contributed by atoms with Gasteiger partial charge in [0.15, 0.2) is 0 Å². The zero-order valence-corrected chi connectivity index (χ0v) is 13.1. The van der Waals surface area contributed by atoms with Crippen LogP contribution in [0, 0.1) is 6.92 Å². The van der Waals surface area contributed by atoms with E-state index in [0.717, 1.165) is 37.8 Å². The maximum absolute atomic E-state index is 12.4. The fraction of sp³-hybridized carbons (Fsp3) is 0.611. The van der Waals surface area contributed by atoms with Gasteiger partial charge >= 0.3 is 0 Å². The summed E-state index contributed by atoms with van der Waals surface area (Å²) in [5.41, 5.74) is 2.37. The quantitative estimate of drug-likeness (QED) is 0.853. The van der Waals surface area contributed by atoms with Crippen LogP contribution in [-0.4, -0.2) is 47.9 Å². The summed E-state index contributed by atoms with van der Waals surface area (Å²) in [5.74, 6) is 0.284. The van der Waals surface area contributed by atoms with Crippen molar-refractivity contribution in [2.45, 2.75) is 45.1 Å². The van der Waals surface area contributed by atoms with Crippen LogP contribution in [0.5, 0.6) is 0 Å². The fourth-order valence-electron chi connectivity index (χ4n) is 3.71. The van der Waals surface area contributed by atoms with Gasteiger partial charge in [-0.1, -0.05) is 42.7 Å². The van der Waals surface area contributed by atoms with Crippen LogP contribution in [0.4, 0.5) is 0 Å². The third-order valence-corrected chi connectivity index (χ3v) is 4.95. The van der Waals surface area contributed by atoms with Crippen molar-refractivity contribution in [2.24, 2.45) is 0 Å². The van der Waals surface area contributed by atoms with Crippen LogP contribution in [-0.2, 0) is 11.2 Å². The molecular weight excluding hydrogens is 260 g/mol. The molecule has 1 aliphatic carbocycles. The Morgan fingerprint density at radius 3 is 2.52 bits per heavy atom. The second-order valence-electron chi connectivity index (χ2n) is 6.52. The lowest BCUT2D eigenvalue weighted by Crippen LogP contribution is -2.51. The molecule has 0 unspecified atom stereocenters. The van der Waals surface area contributed by atoms with Gasteiger partial charge in [0.05, 0.1) is 6.42 Å². The van der Waals surface area contributed by atoms with Crippen molar-refractivity contribution in [3.8, 4) is 0 Å². The minimum absolute atomic E-state index is 0.284. The molecule has 1 aromatic rings. The van der Waals surface area contributed by atoms with Gasteiger partial charge in [-0.05, 0) is 25.3 Å². The minimum Gasteiger partial charge on any atom is -0.340 e. The molecule has 0 atom stereocenters. The number of aryl methyl sites for hydroxylation is 1. The first kappa shape index (κ1) is 14.6. The molecule has 114 valence electrons. The maximum atomic E-state index is 12.4. The van der Waals surface area contributed by atoms with Crippen LogP contribution >= 0.6 is 0 Å². The normalized spacial score (nSPS) is 20.9. The molecule has 0 spiro atoms. The predicted molar refractivity (Wildman–Crippen MR) is 85.3 cm³/mol. The van der Waals surface area contributed by atoms with Crippen molar-refractivity contribution in [3.63, 3.8) is 0 Å². The Balaban J connectivity index is 1.50. The van der Waals surface area contributed by atoms with Gasteiger partial charge in [-0.25, -0.2) is 0 Å². The highest BCUT2D eigenvalue weighted by atomic mass is 16.2.